The molecule has 0 aliphatic rings. The van der Waals surface area contributed by atoms with Gasteiger partial charge in [0.25, 0.3) is 5.69 Å². The van der Waals surface area contributed by atoms with Crippen LogP contribution in [0.1, 0.15) is 23.6 Å². The van der Waals surface area contributed by atoms with Gasteiger partial charge in [0.2, 0.25) is 0 Å². The van der Waals surface area contributed by atoms with Crippen molar-refractivity contribution in [1.82, 2.24) is 0 Å². The molecule has 0 heterocycles. The SMILES string of the molecule is C/C=N\C(=C(/N)c1ccc([N+](=O)[O-])cc1)c1ccccc1C. The molecular formula is C17H17N3O2. The van der Waals surface area contributed by atoms with Gasteiger partial charge in [-0.15, -0.1) is 0 Å². The Morgan fingerprint density at radius 2 is 1.82 bits per heavy atom. The van der Waals surface area contributed by atoms with E-state index in [-0.39, 0.29) is 5.69 Å². The van der Waals surface area contributed by atoms with Gasteiger partial charge in [0.1, 0.15) is 0 Å². The first-order valence-electron chi connectivity index (χ1n) is 6.84. The van der Waals surface area contributed by atoms with Crippen LogP contribution in [0.4, 0.5) is 5.69 Å². The zero-order chi connectivity index (χ0) is 16.1. The molecule has 0 atom stereocenters. The van der Waals surface area contributed by atoms with Gasteiger partial charge >= 0.3 is 0 Å². The van der Waals surface area contributed by atoms with E-state index in [0.29, 0.717) is 17.0 Å². The van der Waals surface area contributed by atoms with E-state index in [9.17, 15) is 10.1 Å². The van der Waals surface area contributed by atoms with E-state index in [1.807, 2.05) is 38.1 Å². The molecule has 0 aliphatic carbocycles. The first-order valence-corrected chi connectivity index (χ1v) is 6.84. The average Bonchev–Trinajstić information content (AvgIpc) is 2.53. The number of hydrogen-bond acceptors (Lipinski definition) is 4. The quantitative estimate of drug-likeness (QED) is 0.403. The van der Waals surface area contributed by atoms with Crippen LogP contribution in [0.25, 0.3) is 11.4 Å². The lowest BCUT2D eigenvalue weighted by atomic mass is 10.0. The lowest BCUT2D eigenvalue weighted by molar-refractivity contribution is -0.384. The Balaban J connectivity index is 2.55. The van der Waals surface area contributed by atoms with Crippen LogP contribution in [-0.2, 0) is 0 Å². The van der Waals surface area contributed by atoms with Gasteiger partial charge in [-0.2, -0.15) is 0 Å². The topological polar surface area (TPSA) is 81.5 Å². The number of hydrogen-bond donors (Lipinski definition) is 1. The normalized spacial score (nSPS) is 12.3. The fourth-order valence-corrected chi connectivity index (χ4v) is 2.15. The third kappa shape index (κ3) is 3.20. The second-order valence-electron chi connectivity index (χ2n) is 4.77. The second-order valence-corrected chi connectivity index (χ2v) is 4.77. The molecule has 5 nitrogen and oxygen atoms in total. The fourth-order valence-electron chi connectivity index (χ4n) is 2.15. The van der Waals surface area contributed by atoms with Crippen LogP contribution in [0.3, 0.4) is 0 Å². The summed E-state index contributed by atoms with van der Waals surface area (Å²) >= 11 is 0. The Labute approximate surface area is 129 Å². The van der Waals surface area contributed by atoms with Crippen molar-refractivity contribution in [2.75, 3.05) is 0 Å². The Morgan fingerprint density at radius 1 is 1.18 bits per heavy atom. The summed E-state index contributed by atoms with van der Waals surface area (Å²) in [5.41, 5.74) is 10.1. The number of rotatable bonds is 4. The van der Waals surface area contributed by atoms with E-state index < -0.39 is 4.92 Å². The number of benzene rings is 2. The maximum absolute atomic E-state index is 10.7. The van der Waals surface area contributed by atoms with Gasteiger partial charge in [0.05, 0.1) is 16.3 Å². The summed E-state index contributed by atoms with van der Waals surface area (Å²) in [4.78, 5) is 14.7. The van der Waals surface area contributed by atoms with Crippen LogP contribution in [0.15, 0.2) is 53.5 Å². The van der Waals surface area contributed by atoms with Gasteiger partial charge in [0, 0.05) is 29.5 Å². The first-order chi connectivity index (χ1) is 10.5. The van der Waals surface area contributed by atoms with Crippen molar-refractivity contribution in [3.63, 3.8) is 0 Å². The molecule has 0 aliphatic heterocycles. The van der Waals surface area contributed by atoms with Crippen molar-refractivity contribution in [3.05, 3.63) is 75.3 Å². The molecule has 2 aromatic carbocycles. The number of aryl methyl sites for hydroxylation is 1. The van der Waals surface area contributed by atoms with Crippen LogP contribution in [0, 0.1) is 17.0 Å². The molecule has 22 heavy (non-hydrogen) atoms. The number of nitro groups is 1. The molecule has 0 amide bonds. The number of non-ortho nitro benzene ring substituents is 1. The molecule has 0 unspecified atom stereocenters. The van der Waals surface area contributed by atoms with E-state index in [1.165, 1.54) is 12.1 Å². The highest BCUT2D eigenvalue weighted by Gasteiger charge is 2.11. The standard InChI is InChI=1S/C17H17N3O2/c1-3-19-17(15-7-5-4-6-12(15)2)16(18)13-8-10-14(11-9-13)20(21)22/h3-11H,18H2,1-2H3/b17-16-,19-3-. The van der Waals surface area contributed by atoms with Crippen LogP contribution in [-0.4, -0.2) is 11.1 Å². The predicted molar refractivity (Wildman–Crippen MR) is 89.4 cm³/mol. The third-order valence-corrected chi connectivity index (χ3v) is 3.30. The smallest absolute Gasteiger partial charge is 0.269 e. The van der Waals surface area contributed by atoms with Crippen molar-refractivity contribution in [3.8, 4) is 0 Å². The predicted octanol–water partition coefficient (Wildman–Crippen LogP) is 3.78. The maximum Gasteiger partial charge on any atom is 0.269 e. The zero-order valence-electron chi connectivity index (χ0n) is 12.5. The molecule has 112 valence electrons. The third-order valence-electron chi connectivity index (χ3n) is 3.30. The Morgan fingerprint density at radius 3 is 2.36 bits per heavy atom. The van der Waals surface area contributed by atoms with E-state index in [0.717, 1.165) is 11.1 Å². The molecule has 0 bridgehead atoms. The molecular weight excluding hydrogens is 278 g/mol. The molecule has 0 fully saturated rings. The van der Waals surface area contributed by atoms with E-state index in [2.05, 4.69) is 4.99 Å². The Kier molecular flexibility index (Phi) is 4.68. The van der Waals surface area contributed by atoms with Gasteiger partial charge in [0.15, 0.2) is 0 Å². The van der Waals surface area contributed by atoms with E-state index in [4.69, 9.17) is 5.73 Å². The molecule has 0 saturated carbocycles. The highest BCUT2D eigenvalue weighted by molar-refractivity contribution is 5.92. The van der Waals surface area contributed by atoms with Crippen LogP contribution in [0.2, 0.25) is 0 Å². The van der Waals surface area contributed by atoms with Crippen LogP contribution in [0.5, 0.6) is 0 Å². The molecule has 2 N–H and O–H groups in total. The van der Waals surface area contributed by atoms with E-state index in [1.54, 1.807) is 18.3 Å². The van der Waals surface area contributed by atoms with Crippen molar-refractivity contribution in [2.24, 2.45) is 10.7 Å². The number of nitrogens with two attached hydrogens (primary N) is 1. The molecule has 5 heteroatoms. The minimum atomic E-state index is -0.434. The lowest BCUT2D eigenvalue weighted by Crippen LogP contribution is -2.02. The number of aliphatic imine (C=N–C) groups is 1. The van der Waals surface area contributed by atoms with Crippen molar-refractivity contribution in [1.29, 1.82) is 0 Å². The Hall–Kier alpha value is -2.95. The summed E-state index contributed by atoms with van der Waals surface area (Å²) in [6.07, 6.45) is 1.68. The summed E-state index contributed by atoms with van der Waals surface area (Å²) in [6, 6.07) is 14.0. The number of nitro benzene ring substituents is 1. The monoisotopic (exact) mass is 295 g/mol. The molecule has 0 saturated heterocycles. The largest absolute Gasteiger partial charge is 0.396 e. The molecule has 2 rings (SSSR count). The van der Waals surface area contributed by atoms with Gasteiger partial charge in [-0.05, 0) is 31.5 Å². The summed E-state index contributed by atoms with van der Waals surface area (Å²) in [7, 11) is 0. The lowest BCUT2D eigenvalue weighted by Gasteiger charge is -2.11. The van der Waals surface area contributed by atoms with Crippen molar-refractivity contribution in [2.45, 2.75) is 13.8 Å². The summed E-state index contributed by atoms with van der Waals surface area (Å²) in [5, 5.41) is 10.7. The van der Waals surface area contributed by atoms with Gasteiger partial charge < -0.3 is 5.73 Å². The van der Waals surface area contributed by atoms with Gasteiger partial charge in [-0.25, -0.2) is 0 Å². The maximum atomic E-state index is 10.7. The molecule has 0 spiro atoms. The van der Waals surface area contributed by atoms with Crippen LogP contribution < -0.4 is 5.73 Å². The van der Waals surface area contributed by atoms with Crippen molar-refractivity contribution < 1.29 is 4.92 Å². The first kappa shape index (κ1) is 15.4. The molecule has 0 radical (unpaired) electrons. The van der Waals surface area contributed by atoms with E-state index >= 15 is 0 Å². The van der Waals surface area contributed by atoms with Crippen LogP contribution >= 0.6 is 0 Å². The minimum Gasteiger partial charge on any atom is -0.396 e. The van der Waals surface area contributed by atoms with Gasteiger partial charge in [-0.1, -0.05) is 24.3 Å². The number of nitrogens with zero attached hydrogens (tertiary/aromatic N) is 2. The second kappa shape index (κ2) is 6.67. The Bertz CT molecular complexity index is 747. The highest BCUT2D eigenvalue weighted by Crippen LogP contribution is 2.27. The average molecular weight is 295 g/mol. The summed E-state index contributed by atoms with van der Waals surface area (Å²) in [5.74, 6) is 0. The fraction of sp³-hybridized carbons (Fsp3) is 0.118. The summed E-state index contributed by atoms with van der Waals surface area (Å²) < 4.78 is 0. The summed E-state index contributed by atoms with van der Waals surface area (Å²) in [6.45, 7) is 3.81. The molecule has 2 aromatic rings. The highest BCUT2D eigenvalue weighted by atomic mass is 16.6. The minimum absolute atomic E-state index is 0.0352. The zero-order valence-corrected chi connectivity index (χ0v) is 12.5. The molecule has 0 aromatic heterocycles. The van der Waals surface area contributed by atoms with Gasteiger partial charge in [-0.3, -0.25) is 15.1 Å². The van der Waals surface area contributed by atoms with Crippen molar-refractivity contribution >= 4 is 23.3 Å².